The van der Waals surface area contributed by atoms with Crippen molar-refractivity contribution in [1.29, 1.82) is 0 Å². The largest absolute Gasteiger partial charge is 0.304 e. The van der Waals surface area contributed by atoms with Gasteiger partial charge < -0.3 is 4.90 Å². The number of aromatic amines is 1. The number of aromatic nitrogens is 4. The summed E-state index contributed by atoms with van der Waals surface area (Å²) in [7, 11) is -1.03. The summed E-state index contributed by atoms with van der Waals surface area (Å²) in [5.74, 6) is 0.0742. The van der Waals surface area contributed by atoms with Crippen molar-refractivity contribution >= 4 is 33.4 Å². The van der Waals surface area contributed by atoms with Crippen molar-refractivity contribution in [3.63, 3.8) is 0 Å². The molecule has 5 heterocycles. The normalized spacial score (nSPS) is 18.5. The third-order valence-corrected chi connectivity index (χ3v) is 8.27. The second-order valence-electron chi connectivity index (χ2n) is 8.87. The zero-order valence-corrected chi connectivity index (χ0v) is 19.6. The fourth-order valence-corrected chi connectivity index (χ4v) is 6.13. The van der Waals surface area contributed by atoms with Gasteiger partial charge in [-0.3, -0.25) is 19.9 Å². The lowest BCUT2D eigenvalue weighted by molar-refractivity contribution is -0.124. The Morgan fingerprint density at radius 2 is 1.94 bits per heavy atom. The van der Waals surface area contributed by atoms with Crippen molar-refractivity contribution in [3.05, 3.63) is 72.6 Å². The van der Waals surface area contributed by atoms with E-state index in [1.165, 1.54) is 0 Å². The van der Waals surface area contributed by atoms with Gasteiger partial charge in [0.05, 0.1) is 46.7 Å². The topological polar surface area (TPSA) is 95.1 Å². The number of H-pyrrole nitrogens is 1. The van der Waals surface area contributed by atoms with E-state index in [0.717, 1.165) is 38.8 Å². The van der Waals surface area contributed by atoms with Crippen molar-refractivity contribution in [3.8, 4) is 11.1 Å². The zero-order chi connectivity index (χ0) is 23.3. The minimum absolute atomic E-state index is 0.0742. The Balaban J connectivity index is 1.43. The SMILES string of the molecule is CS(=O)N1CCC2(CC1)C(=O)N(Cc1ncc3ccccc3c1-c1cn[nH]c1)c1cnccc12. The van der Waals surface area contributed by atoms with E-state index in [2.05, 4.69) is 21.2 Å². The van der Waals surface area contributed by atoms with Crippen LogP contribution in [0.2, 0.25) is 0 Å². The number of piperidine rings is 1. The van der Waals surface area contributed by atoms with Gasteiger partial charge in [0.15, 0.2) is 0 Å². The maximum absolute atomic E-state index is 14.0. The predicted molar refractivity (Wildman–Crippen MR) is 131 cm³/mol. The van der Waals surface area contributed by atoms with Crippen molar-refractivity contribution in [2.24, 2.45) is 0 Å². The van der Waals surface area contributed by atoms with Crippen LogP contribution < -0.4 is 4.90 Å². The molecule has 0 aliphatic carbocycles. The van der Waals surface area contributed by atoms with E-state index in [1.807, 2.05) is 45.9 Å². The molecule has 2 aliphatic rings. The van der Waals surface area contributed by atoms with Crippen LogP contribution in [-0.4, -0.2) is 53.9 Å². The van der Waals surface area contributed by atoms with Gasteiger partial charge in [-0.1, -0.05) is 24.3 Å². The number of carbonyl (C=O) groups excluding carboxylic acids is 1. The number of nitrogens with zero attached hydrogens (tertiary/aromatic N) is 5. The summed E-state index contributed by atoms with van der Waals surface area (Å²) in [6, 6.07) is 10.1. The summed E-state index contributed by atoms with van der Waals surface area (Å²) in [5, 5.41) is 9.15. The van der Waals surface area contributed by atoms with Crippen LogP contribution >= 0.6 is 0 Å². The Bertz CT molecular complexity index is 1410. The number of fused-ring (bicyclic) bond motifs is 3. The maximum Gasteiger partial charge on any atom is 0.238 e. The van der Waals surface area contributed by atoms with E-state index in [1.54, 1.807) is 24.8 Å². The zero-order valence-electron chi connectivity index (χ0n) is 18.8. The van der Waals surface area contributed by atoms with Crippen LogP contribution in [0.15, 0.2) is 61.3 Å². The predicted octanol–water partition coefficient (Wildman–Crippen LogP) is 3.19. The Morgan fingerprint density at radius 3 is 2.71 bits per heavy atom. The van der Waals surface area contributed by atoms with Gasteiger partial charge in [0.1, 0.15) is 0 Å². The molecule has 1 unspecified atom stereocenters. The van der Waals surface area contributed by atoms with E-state index < -0.39 is 16.4 Å². The molecule has 3 aromatic heterocycles. The highest BCUT2D eigenvalue weighted by Gasteiger charge is 2.52. The van der Waals surface area contributed by atoms with E-state index in [0.29, 0.717) is 32.5 Å². The molecule has 1 amide bonds. The number of hydrogen-bond acceptors (Lipinski definition) is 5. The lowest BCUT2D eigenvalue weighted by Crippen LogP contribution is -2.48. The van der Waals surface area contributed by atoms with Crippen molar-refractivity contribution in [2.75, 3.05) is 24.2 Å². The Hall–Kier alpha value is -3.43. The van der Waals surface area contributed by atoms with E-state index >= 15 is 0 Å². The molecular weight excluding hydrogens is 448 g/mol. The summed E-state index contributed by atoms with van der Waals surface area (Å²) in [5.41, 5.74) is 3.97. The smallest absolute Gasteiger partial charge is 0.238 e. The van der Waals surface area contributed by atoms with Gasteiger partial charge in [-0.2, -0.15) is 5.10 Å². The lowest BCUT2D eigenvalue weighted by Gasteiger charge is -2.37. The molecular formula is C25H24N6O2S. The maximum atomic E-state index is 14.0. The summed E-state index contributed by atoms with van der Waals surface area (Å²) < 4.78 is 13.9. The van der Waals surface area contributed by atoms with Gasteiger partial charge in [-0.25, -0.2) is 8.51 Å². The first kappa shape index (κ1) is 21.1. The quantitative estimate of drug-likeness (QED) is 0.492. The molecule has 1 saturated heterocycles. The molecule has 172 valence electrons. The van der Waals surface area contributed by atoms with E-state index in [4.69, 9.17) is 4.98 Å². The van der Waals surface area contributed by atoms with Crippen LogP contribution in [0, 0.1) is 0 Å². The van der Waals surface area contributed by atoms with E-state index in [-0.39, 0.29) is 5.91 Å². The summed E-state index contributed by atoms with van der Waals surface area (Å²) in [4.78, 5) is 25.0. The number of rotatable bonds is 4. The van der Waals surface area contributed by atoms with Gasteiger partial charge in [-0.05, 0) is 29.9 Å². The molecule has 34 heavy (non-hydrogen) atoms. The molecule has 1 fully saturated rings. The molecule has 2 aliphatic heterocycles. The highest BCUT2D eigenvalue weighted by Crippen LogP contribution is 2.48. The number of nitrogens with one attached hydrogen (secondary N) is 1. The molecule has 1 atom stereocenters. The minimum Gasteiger partial charge on any atom is -0.304 e. The standard InChI is InChI=1S/C25H24N6O2S/c1-34(33)30-10-7-25(8-11-30)20-6-9-26-15-22(20)31(24(25)32)16-21-23(18-13-28-29-14-18)19-5-3-2-4-17(19)12-27-21/h2-6,9,12-15H,7-8,10-11,16H2,1H3,(H,28,29). The van der Waals surface area contributed by atoms with Crippen molar-refractivity contribution < 1.29 is 9.00 Å². The number of amides is 1. The van der Waals surface area contributed by atoms with Gasteiger partial charge in [0.25, 0.3) is 0 Å². The van der Waals surface area contributed by atoms with Crippen molar-refractivity contribution in [1.82, 2.24) is 24.5 Å². The highest BCUT2D eigenvalue weighted by molar-refractivity contribution is 7.81. The fourth-order valence-electron chi connectivity index (χ4n) is 5.44. The molecule has 1 spiro atoms. The average molecular weight is 473 g/mol. The Morgan fingerprint density at radius 1 is 1.12 bits per heavy atom. The molecule has 4 aromatic rings. The summed E-state index contributed by atoms with van der Waals surface area (Å²) in [6.07, 6.45) is 12.0. The summed E-state index contributed by atoms with van der Waals surface area (Å²) >= 11 is 0. The number of pyridine rings is 2. The van der Waals surface area contributed by atoms with Crippen LogP contribution in [0.5, 0.6) is 0 Å². The first-order valence-electron chi connectivity index (χ1n) is 11.3. The van der Waals surface area contributed by atoms with Crippen LogP contribution in [-0.2, 0) is 27.7 Å². The third-order valence-electron chi connectivity index (χ3n) is 7.17. The second-order valence-corrected chi connectivity index (χ2v) is 10.2. The van der Waals surface area contributed by atoms with Gasteiger partial charge >= 0.3 is 0 Å². The number of benzene rings is 1. The number of anilines is 1. The minimum atomic E-state index is -1.03. The molecule has 8 nitrogen and oxygen atoms in total. The molecule has 0 radical (unpaired) electrons. The molecule has 0 bridgehead atoms. The summed E-state index contributed by atoms with van der Waals surface area (Å²) in [6.45, 7) is 1.59. The average Bonchev–Trinajstić information content (AvgIpc) is 3.47. The van der Waals surface area contributed by atoms with Crippen LogP contribution in [0.3, 0.4) is 0 Å². The second kappa shape index (κ2) is 8.11. The van der Waals surface area contributed by atoms with Gasteiger partial charge in [0.2, 0.25) is 5.91 Å². The highest BCUT2D eigenvalue weighted by atomic mass is 32.2. The fraction of sp³-hybridized carbons (Fsp3) is 0.280. The van der Waals surface area contributed by atoms with Crippen LogP contribution in [0.4, 0.5) is 5.69 Å². The van der Waals surface area contributed by atoms with Gasteiger partial charge in [0, 0.05) is 54.4 Å². The van der Waals surface area contributed by atoms with E-state index in [9.17, 15) is 9.00 Å². The number of carbonyl (C=O) groups is 1. The number of hydrogen-bond donors (Lipinski definition) is 1. The van der Waals surface area contributed by atoms with Crippen LogP contribution in [0.25, 0.3) is 21.9 Å². The Labute approximate surface area is 199 Å². The molecule has 6 rings (SSSR count). The first-order chi connectivity index (χ1) is 16.6. The third kappa shape index (κ3) is 3.19. The van der Waals surface area contributed by atoms with Crippen LogP contribution in [0.1, 0.15) is 24.1 Å². The van der Waals surface area contributed by atoms with Gasteiger partial charge in [-0.15, -0.1) is 0 Å². The lowest BCUT2D eigenvalue weighted by atomic mass is 9.74. The monoisotopic (exact) mass is 472 g/mol. The Kier molecular flexibility index (Phi) is 5.04. The molecule has 0 saturated carbocycles. The van der Waals surface area contributed by atoms with Crippen molar-refractivity contribution in [2.45, 2.75) is 24.8 Å². The first-order valence-corrected chi connectivity index (χ1v) is 12.8. The molecule has 9 heteroatoms. The molecule has 1 aromatic carbocycles. The molecule has 1 N–H and O–H groups in total.